The average Bonchev–Trinajstić information content (AvgIpc) is 3.24. The summed E-state index contributed by atoms with van der Waals surface area (Å²) in [6.07, 6.45) is 2.07. The maximum atomic E-state index is 14.1. The van der Waals surface area contributed by atoms with Crippen LogP contribution >= 0.6 is 23.2 Å². The molecule has 2 aliphatic heterocycles. The van der Waals surface area contributed by atoms with Crippen LogP contribution in [0.4, 0.5) is 4.79 Å². The second kappa shape index (κ2) is 18.3. The highest BCUT2D eigenvalue weighted by molar-refractivity contribution is 6.42. The number of halogens is 2. The first-order chi connectivity index (χ1) is 29.2. The highest BCUT2D eigenvalue weighted by Crippen LogP contribution is 2.41. The van der Waals surface area contributed by atoms with E-state index in [0.717, 1.165) is 33.5 Å². The third kappa shape index (κ3) is 10.3. The molecule has 14 heteroatoms. The monoisotopic (exact) mass is 866 g/mol. The number of aliphatic carboxylic acids is 1. The van der Waals surface area contributed by atoms with Gasteiger partial charge in [0, 0.05) is 42.4 Å². The zero-order valence-electron chi connectivity index (χ0n) is 34.6. The fourth-order valence-electron chi connectivity index (χ4n) is 7.04. The van der Waals surface area contributed by atoms with Crippen LogP contribution in [0.1, 0.15) is 72.4 Å². The molecule has 0 bridgehead atoms. The van der Waals surface area contributed by atoms with E-state index in [9.17, 15) is 19.5 Å². The number of aromatic nitrogens is 1. The van der Waals surface area contributed by atoms with E-state index in [4.69, 9.17) is 42.1 Å². The smallest absolute Gasteiger partial charge is 0.326 e. The number of amides is 3. The number of carboxylic acids is 1. The molecule has 0 radical (unpaired) electrons. The first kappa shape index (κ1) is 43.1. The highest BCUT2D eigenvalue weighted by Gasteiger charge is 2.39. The number of carbonyl (C=O) groups is 3. The lowest BCUT2D eigenvalue weighted by Gasteiger charge is -2.39. The van der Waals surface area contributed by atoms with Crippen LogP contribution in [0.3, 0.4) is 0 Å². The molecule has 0 saturated heterocycles. The van der Waals surface area contributed by atoms with Crippen LogP contribution in [0.25, 0.3) is 0 Å². The minimum atomic E-state index is -1.26. The van der Waals surface area contributed by atoms with Gasteiger partial charge in [-0.15, -0.1) is 0 Å². The summed E-state index contributed by atoms with van der Waals surface area (Å²) in [5.41, 5.74) is 5.27. The number of pyridine rings is 1. The number of nitrogens with one attached hydrogen (secondary N) is 2. The highest BCUT2D eigenvalue weighted by atomic mass is 35.5. The summed E-state index contributed by atoms with van der Waals surface area (Å²) < 4.78 is 24.7. The number of ether oxygens (including phenoxy) is 4. The molecule has 0 unspecified atom stereocenters. The molecule has 3 N–H and O–H groups in total. The summed E-state index contributed by atoms with van der Waals surface area (Å²) in [6, 6.07) is 22.8. The molecule has 318 valence electrons. The number of rotatable bonds is 13. The Morgan fingerprint density at radius 1 is 0.918 bits per heavy atom. The maximum absolute atomic E-state index is 14.1. The Morgan fingerprint density at radius 3 is 2.33 bits per heavy atom. The Balaban J connectivity index is 1.04. The van der Waals surface area contributed by atoms with E-state index in [1.165, 1.54) is 4.90 Å². The molecule has 5 aromatic rings. The maximum Gasteiger partial charge on any atom is 0.326 e. The zero-order valence-corrected chi connectivity index (χ0v) is 36.1. The van der Waals surface area contributed by atoms with E-state index < -0.39 is 41.6 Å². The second-order valence-electron chi connectivity index (χ2n) is 16.0. The molecule has 1 aromatic heterocycles. The SMILES string of the molecule is CCC(C)(C)NC(=O)N1Cc2cc3c(cc2C[C@H]1C(=O)N[C@@H](Cc1ccc(Oc2ccnc(C)c2C)cc1)C(=O)O)OC[C@H](c1ccc(OCc2ccc(Cl)c(Cl)c2)cc1)O3. The molecule has 2 aliphatic rings. The van der Waals surface area contributed by atoms with Gasteiger partial charge in [0.15, 0.2) is 17.6 Å². The summed E-state index contributed by atoms with van der Waals surface area (Å²) in [7, 11) is 0. The Bertz CT molecular complexity index is 2430. The Morgan fingerprint density at radius 2 is 1.62 bits per heavy atom. The standard InChI is InChI=1S/C47H48Cl2N4O8/c1-6-47(4,5)52-46(57)53-24-33-23-42-41(59-26-43(61-42)31-10-14-34(15-11-31)58-25-30-9-16-36(48)37(49)19-30)22-32(33)21-39(53)44(54)51-38(45(55)56)20-29-7-12-35(13-8-29)60-40-17-18-50-28(3)27(40)2/h7-19,22-23,38-39,43H,6,20-21,24-26H2,1-5H3,(H,51,54)(H,52,57)(H,55,56)/t38-,39-,43+/m0/s1. The summed E-state index contributed by atoms with van der Waals surface area (Å²) in [5.74, 6) is 1.18. The Hall–Kier alpha value is -5.98. The van der Waals surface area contributed by atoms with E-state index in [1.54, 1.807) is 48.7 Å². The molecule has 3 heterocycles. The van der Waals surface area contributed by atoms with E-state index in [0.29, 0.717) is 57.4 Å². The Labute approximate surface area is 365 Å². The van der Waals surface area contributed by atoms with Gasteiger partial charge >= 0.3 is 12.0 Å². The van der Waals surface area contributed by atoms with Crippen molar-refractivity contribution < 1.29 is 38.4 Å². The molecule has 3 atom stereocenters. The summed E-state index contributed by atoms with van der Waals surface area (Å²) >= 11 is 12.2. The number of nitrogens with zero attached hydrogens (tertiary/aromatic N) is 2. The van der Waals surface area contributed by atoms with Crippen molar-refractivity contribution in [3.8, 4) is 28.7 Å². The number of carbonyl (C=O) groups excluding carboxylic acids is 2. The average molecular weight is 868 g/mol. The summed E-state index contributed by atoms with van der Waals surface area (Å²) in [5, 5.41) is 17.0. The van der Waals surface area contributed by atoms with Crippen LogP contribution in [-0.4, -0.2) is 57.1 Å². The normalized spacial score (nSPS) is 16.2. The molecule has 3 amide bonds. The summed E-state index contributed by atoms with van der Waals surface area (Å²) in [4.78, 5) is 46.4. The number of hydrogen-bond donors (Lipinski definition) is 3. The summed E-state index contributed by atoms with van der Waals surface area (Å²) in [6.45, 7) is 10.3. The molecule has 0 aliphatic carbocycles. The van der Waals surface area contributed by atoms with Crippen molar-refractivity contribution in [1.82, 2.24) is 20.5 Å². The predicted octanol–water partition coefficient (Wildman–Crippen LogP) is 9.33. The van der Waals surface area contributed by atoms with Crippen LogP contribution in [0.15, 0.2) is 91.1 Å². The third-order valence-electron chi connectivity index (χ3n) is 11.2. The van der Waals surface area contributed by atoms with Gasteiger partial charge in [0.1, 0.15) is 42.5 Å². The van der Waals surface area contributed by atoms with Gasteiger partial charge in [0.05, 0.1) is 10.0 Å². The van der Waals surface area contributed by atoms with Crippen LogP contribution in [-0.2, 0) is 35.6 Å². The van der Waals surface area contributed by atoms with Gasteiger partial charge in [0.25, 0.3) is 0 Å². The van der Waals surface area contributed by atoms with Crippen molar-refractivity contribution in [1.29, 1.82) is 0 Å². The van der Waals surface area contributed by atoms with E-state index in [-0.39, 0.29) is 26.0 Å². The minimum absolute atomic E-state index is 0.0153. The number of urea groups is 1. The molecule has 12 nitrogen and oxygen atoms in total. The van der Waals surface area contributed by atoms with E-state index in [1.807, 2.05) is 77.1 Å². The lowest BCUT2D eigenvalue weighted by molar-refractivity contribution is -0.142. The van der Waals surface area contributed by atoms with Crippen molar-refractivity contribution in [2.75, 3.05) is 6.61 Å². The second-order valence-corrected chi connectivity index (χ2v) is 16.8. The molecule has 4 aromatic carbocycles. The molecular formula is C47H48Cl2N4O8. The molecular weight excluding hydrogens is 819 g/mol. The third-order valence-corrected chi connectivity index (χ3v) is 11.9. The zero-order chi connectivity index (χ0) is 43.4. The van der Waals surface area contributed by atoms with Crippen molar-refractivity contribution in [2.45, 2.75) is 90.8 Å². The number of carboxylic acid groups (broad SMARTS) is 1. The number of aryl methyl sites for hydroxylation is 1. The topological polar surface area (TPSA) is 149 Å². The predicted molar refractivity (Wildman–Crippen MR) is 232 cm³/mol. The van der Waals surface area contributed by atoms with Gasteiger partial charge in [-0.2, -0.15) is 0 Å². The number of hydrogen-bond acceptors (Lipinski definition) is 8. The van der Waals surface area contributed by atoms with Crippen molar-refractivity contribution >= 4 is 41.1 Å². The van der Waals surface area contributed by atoms with Crippen molar-refractivity contribution in [3.05, 3.63) is 140 Å². The number of benzene rings is 4. The molecule has 0 spiro atoms. The largest absolute Gasteiger partial charge is 0.489 e. The van der Waals surface area contributed by atoms with Gasteiger partial charge in [-0.25, -0.2) is 9.59 Å². The fourth-order valence-corrected chi connectivity index (χ4v) is 7.36. The van der Waals surface area contributed by atoms with Crippen LogP contribution in [0.5, 0.6) is 28.7 Å². The van der Waals surface area contributed by atoms with Crippen molar-refractivity contribution in [2.24, 2.45) is 0 Å². The van der Waals surface area contributed by atoms with E-state index in [2.05, 4.69) is 15.6 Å². The van der Waals surface area contributed by atoms with Crippen LogP contribution in [0, 0.1) is 13.8 Å². The molecule has 61 heavy (non-hydrogen) atoms. The van der Waals surface area contributed by atoms with E-state index >= 15 is 0 Å². The van der Waals surface area contributed by atoms with Crippen molar-refractivity contribution in [3.63, 3.8) is 0 Å². The van der Waals surface area contributed by atoms with Crippen LogP contribution in [0.2, 0.25) is 10.0 Å². The van der Waals surface area contributed by atoms with Gasteiger partial charge < -0.3 is 39.6 Å². The lowest BCUT2D eigenvalue weighted by atomic mass is 9.92. The van der Waals surface area contributed by atoms with Gasteiger partial charge in [-0.05, 0) is 117 Å². The molecule has 0 fully saturated rings. The van der Waals surface area contributed by atoms with Crippen LogP contribution < -0.4 is 29.6 Å². The fraction of sp³-hybridized carbons (Fsp3) is 0.319. The number of fused-ring (bicyclic) bond motifs is 2. The minimum Gasteiger partial charge on any atom is -0.489 e. The van der Waals surface area contributed by atoms with Gasteiger partial charge in [0.2, 0.25) is 5.91 Å². The molecule has 7 rings (SSSR count). The lowest BCUT2D eigenvalue weighted by Crippen LogP contribution is -2.59. The van der Waals surface area contributed by atoms with Gasteiger partial charge in [-0.1, -0.05) is 60.5 Å². The van der Waals surface area contributed by atoms with Gasteiger partial charge in [-0.3, -0.25) is 9.78 Å². The quantitative estimate of drug-likeness (QED) is 0.105. The first-order valence-corrected chi connectivity index (χ1v) is 20.8. The first-order valence-electron chi connectivity index (χ1n) is 20.1. The Kier molecular flexibility index (Phi) is 13.0. The molecule has 0 saturated carbocycles.